The van der Waals surface area contributed by atoms with E-state index in [4.69, 9.17) is 15.2 Å². The van der Waals surface area contributed by atoms with Crippen molar-refractivity contribution < 1.29 is 19.1 Å². The SMILES string of the molecule is COC(=O)c1sc2ccc(N(C=O)N3CCOCC3)cc2c1N. The Kier molecular flexibility index (Phi) is 4.46. The van der Waals surface area contributed by atoms with Gasteiger partial charge in [-0.05, 0) is 18.2 Å². The highest BCUT2D eigenvalue weighted by Gasteiger charge is 2.21. The van der Waals surface area contributed by atoms with Gasteiger partial charge in [-0.25, -0.2) is 14.8 Å². The van der Waals surface area contributed by atoms with Gasteiger partial charge in [0.15, 0.2) is 0 Å². The third-order valence-electron chi connectivity index (χ3n) is 3.74. The van der Waals surface area contributed by atoms with Crippen LogP contribution < -0.4 is 10.7 Å². The van der Waals surface area contributed by atoms with Gasteiger partial charge in [-0.15, -0.1) is 11.3 Å². The minimum atomic E-state index is -0.453. The molecule has 122 valence electrons. The van der Waals surface area contributed by atoms with Crippen molar-refractivity contribution in [1.29, 1.82) is 0 Å². The van der Waals surface area contributed by atoms with Crippen LogP contribution in [-0.4, -0.2) is 50.8 Å². The zero-order valence-electron chi connectivity index (χ0n) is 12.7. The lowest BCUT2D eigenvalue weighted by Gasteiger charge is -2.34. The molecule has 0 aliphatic carbocycles. The maximum atomic E-state index is 11.7. The van der Waals surface area contributed by atoms with Crippen molar-refractivity contribution in [1.82, 2.24) is 5.01 Å². The summed E-state index contributed by atoms with van der Waals surface area (Å²) in [5, 5.41) is 4.21. The summed E-state index contributed by atoms with van der Waals surface area (Å²) in [6, 6.07) is 5.51. The minimum Gasteiger partial charge on any atom is -0.465 e. The first kappa shape index (κ1) is 15.7. The molecule has 0 atom stereocenters. The molecule has 1 aromatic heterocycles. The highest BCUT2D eigenvalue weighted by molar-refractivity contribution is 7.21. The standard InChI is InChI=1S/C15H17N3O4S/c1-21-15(20)14-13(16)11-8-10(2-3-12(11)23-14)18(9-19)17-4-6-22-7-5-17/h2-3,8-9H,4-7,16H2,1H3. The molecule has 0 radical (unpaired) electrons. The number of nitrogens with two attached hydrogens (primary N) is 1. The monoisotopic (exact) mass is 335 g/mol. The third kappa shape index (κ3) is 2.88. The van der Waals surface area contributed by atoms with Crippen LogP contribution in [0.2, 0.25) is 0 Å². The molecule has 3 rings (SSSR count). The smallest absolute Gasteiger partial charge is 0.350 e. The fourth-order valence-corrected chi connectivity index (χ4v) is 3.57. The number of amides is 1. The van der Waals surface area contributed by atoms with Crippen molar-refractivity contribution in [2.24, 2.45) is 0 Å². The zero-order valence-corrected chi connectivity index (χ0v) is 13.5. The van der Waals surface area contributed by atoms with Gasteiger partial charge in [-0.1, -0.05) is 0 Å². The van der Waals surface area contributed by atoms with Crippen LogP contribution in [0, 0.1) is 0 Å². The molecule has 2 heterocycles. The van der Waals surface area contributed by atoms with Crippen LogP contribution in [0.4, 0.5) is 11.4 Å². The maximum Gasteiger partial charge on any atom is 0.350 e. The number of esters is 1. The van der Waals surface area contributed by atoms with Gasteiger partial charge < -0.3 is 15.2 Å². The number of carbonyl (C=O) groups excluding carboxylic acids is 2. The predicted molar refractivity (Wildman–Crippen MR) is 88.5 cm³/mol. The second-order valence-corrected chi connectivity index (χ2v) is 6.09. The Morgan fingerprint density at radius 3 is 2.83 bits per heavy atom. The molecule has 1 aliphatic rings. The first-order chi connectivity index (χ1) is 11.2. The third-order valence-corrected chi connectivity index (χ3v) is 4.90. The van der Waals surface area contributed by atoms with Crippen LogP contribution in [-0.2, 0) is 14.3 Å². The second kappa shape index (κ2) is 6.53. The van der Waals surface area contributed by atoms with E-state index in [-0.39, 0.29) is 0 Å². The predicted octanol–water partition coefficient (Wildman–Crippen LogP) is 1.48. The van der Waals surface area contributed by atoms with Gasteiger partial charge in [0.05, 0.1) is 31.7 Å². The van der Waals surface area contributed by atoms with Crippen LogP contribution in [0.3, 0.4) is 0 Å². The number of methoxy groups -OCH3 is 1. The molecule has 2 aromatic rings. The zero-order chi connectivity index (χ0) is 16.4. The highest BCUT2D eigenvalue weighted by Crippen LogP contribution is 2.36. The molecule has 8 heteroatoms. The van der Waals surface area contributed by atoms with Gasteiger partial charge in [0, 0.05) is 23.2 Å². The normalized spacial score (nSPS) is 15.5. The van der Waals surface area contributed by atoms with Gasteiger partial charge in [-0.2, -0.15) is 0 Å². The van der Waals surface area contributed by atoms with Crippen molar-refractivity contribution in [3.63, 3.8) is 0 Å². The molecule has 0 spiro atoms. The number of nitrogens with zero attached hydrogens (tertiary/aromatic N) is 2. The van der Waals surface area contributed by atoms with E-state index in [0.717, 1.165) is 16.5 Å². The quantitative estimate of drug-likeness (QED) is 0.673. The average Bonchev–Trinajstić information content (AvgIpc) is 2.92. The van der Waals surface area contributed by atoms with Crippen molar-refractivity contribution in [2.75, 3.05) is 44.2 Å². The van der Waals surface area contributed by atoms with Gasteiger partial charge in [0.2, 0.25) is 6.41 Å². The molecule has 0 saturated carbocycles. The summed E-state index contributed by atoms with van der Waals surface area (Å²) in [4.78, 5) is 23.7. The van der Waals surface area contributed by atoms with Gasteiger partial charge >= 0.3 is 5.97 Å². The number of hydrogen-bond acceptors (Lipinski definition) is 7. The van der Waals surface area contributed by atoms with E-state index in [0.29, 0.717) is 42.6 Å². The Morgan fingerprint density at radius 2 is 2.17 bits per heavy atom. The molecule has 1 fully saturated rings. The number of anilines is 2. The fraction of sp³-hybridized carbons (Fsp3) is 0.333. The lowest BCUT2D eigenvalue weighted by molar-refractivity contribution is -0.111. The maximum absolute atomic E-state index is 11.7. The number of fused-ring (bicyclic) bond motifs is 1. The number of carbonyl (C=O) groups is 2. The lowest BCUT2D eigenvalue weighted by Crippen LogP contribution is -2.48. The minimum absolute atomic E-state index is 0.378. The number of nitrogen functional groups attached to an aromatic ring is 1. The first-order valence-electron chi connectivity index (χ1n) is 7.13. The molecular weight excluding hydrogens is 318 g/mol. The summed E-state index contributed by atoms with van der Waals surface area (Å²) in [5.41, 5.74) is 7.16. The summed E-state index contributed by atoms with van der Waals surface area (Å²) in [5.74, 6) is -0.453. The van der Waals surface area contributed by atoms with E-state index in [1.54, 1.807) is 5.01 Å². The number of ether oxygens (including phenoxy) is 2. The molecule has 1 aromatic carbocycles. The van der Waals surface area contributed by atoms with Crippen LogP contribution in [0.5, 0.6) is 0 Å². The number of hydrazine groups is 1. The van der Waals surface area contributed by atoms with Crippen molar-refractivity contribution in [3.8, 4) is 0 Å². The number of thiophene rings is 1. The fourth-order valence-electron chi connectivity index (χ4n) is 2.55. The largest absolute Gasteiger partial charge is 0.465 e. The average molecular weight is 335 g/mol. The molecule has 23 heavy (non-hydrogen) atoms. The van der Waals surface area contributed by atoms with Crippen molar-refractivity contribution in [3.05, 3.63) is 23.1 Å². The van der Waals surface area contributed by atoms with E-state index < -0.39 is 5.97 Å². The van der Waals surface area contributed by atoms with Crippen LogP contribution in [0.15, 0.2) is 18.2 Å². The van der Waals surface area contributed by atoms with Crippen molar-refractivity contribution in [2.45, 2.75) is 0 Å². The number of benzene rings is 1. The van der Waals surface area contributed by atoms with Crippen LogP contribution >= 0.6 is 11.3 Å². The van der Waals surface area contributed by atoms with Gasteiger partial charge in [0.1, 0.15) is 4.88 Å². The summed E-state index contributed by atoms with van der Waals surface area (Å²) in [7, 11) is 1.32. The lowest BCUT2D eigenvalue weighted by atomic mass is 10.2. The molecule has 0 bridgehead atoms. The van der Waals surface area contributed by atoms with Crippen LogP contribution in [0.1, 0.15) is 9.67 Å². The summed E-state index contributed by atoms with van der Waals surface area (Å²) in [6.07, 6.45) is 0.774. The number of rotatable bonds is 4. The molecule has 2 N–H and O–H groups in total. The molecule has 1 amide bonds. The Morgan fingerprint density at radius 1 is 1.43 bits per heavy atom. The molecule has 0 unspecified atom stereocenters. The topological polar surface area (TPSA) is 85.1 Å². The molecular formula is C15H17N3O4S. The highest BCUT2D eigenvalue weighted by atomic mass is 32.1. The summed E-state index contributed by atoms with van der Waals surface area (Å²) in [6.45, 7) is 2.45. The van der Waals surface area contributed by atoms with E-state index in [1.165, 1.54) is 18.4 Å². The summed E-state index contributed by atoms with van der Waals surface area (Å²) < 4.78 is 10.9. The molecule has 1 aliphatic heterocycles. The van der Waals surface area contributed by atoms with E-state index in [2.05, 4.69) is 0 Å². The van der Waals surface area contributed by atoms with Crippen molar-refractivity contribution >= 4 is 45.2 Å². The van der Waals surface area contributed by atoms with Gasteiger partial charge in [0.25, 0.3) is 0 Å². The van der Waals surface area contributed by atoms with E-state index in [1.807, 2.05) is 23.2 Å². The number of hydrogen-bond donors (Lipinski definition) is 1. The van der Waals surface area contributed by atoms with E-state index >= 15 is 0 Å². The Labute approximate surface area is 137 Å². The first-order valence-corrected chi connectivity index (χ1v) is 7.95. The molecule has 7 nitrogen and oxygen atoms in total. The Hall–Kier alpha value is -2.16. The van der Waals surface area contributed by atoms with E-state index in [9.17, 15) is 9.59 Å². The number of morpholine rings is 1. The second-order valence-electron chi connectivity index (χ2n) is 5.03. The van der Waals surface area contributed by atoms with Crippen LogP contribution in [0.25, 0.3) is 10.1 Å². The summed E-state index contributed by atoms with van der Waals surface area (Å²) >= 11 is 1.28. The Balaban J connectivity index is 1.99. The molecule has 1 saturated heterocycles. The Bertz CT molecular complexity index is 740. The van der Waals surface area contributed by atoms with Gasteiger partial charge in [-0.3, -0.25) is 4.79 Å².